The molecule has 1 saturated carbocycles. The van der Waals surface area contributed by atoms with Crippen molar-refractivity contribution in [3.05, 3.63) is 0 Å². The molecule has 0 radical (unpaired) electrons. The zero-order valence-electron chi connectivity index (χ0n) is 13.1. The first kappa shape index (κ1) is 18.0. The predicted octanol–water partition coefficient (Wildman–Crippen LogP) is 1.45. The van der Waals surface area contributed by atoms with Crippen molar-refractivity contribution in [3.8, 4) is 6.07 Å². The van der Waals surface area contributed by atoms with Gasteiger partial charge < -0.3 is 4.74 Å². The second kappa shape index (κ2) is 8.50. The lowest BCUT2D eigenvalue weighted by molar-refractivity contribution is 0.172. The molecule has 2 atom stereocenters. The summed E-state index contributed by atoms with van der Waals surface area (Å²) >= 11 is 1.91. The van der Waals surface area contributed by atoms with Crippen molar-refractivity contribution in [1.29, 1.82) is 5.26 Å². The molecule has 2 aliphatic rings. The van der Waals surface area contributed by atoms with Crippen molar-refractivity contribution in [2.45, 2.75) is 43.4 Å². The lowest BCUT2D eigenvalue weighted by atomic mass is 9.95. The summed E-state index contributed by atoms with van der Waals surface area (Å²) in [7, 11) is -1.96. The highest BCUT2D eigenvalue weighted by Crippen LogP contribution is 2.37. The van der Waals surface area contributed by atoms with Crippen LogP contribution < -0.4 is 0 Å². The molecule has 0 aromatic carbocycles. The third kappa shape index (κ3) is 4.15. The van der Waals surface area contributed by atoms with Crippen LogP contribution in [0.25, 0.3) is 0 Å². The van der Waals surface area contributed by atoms with Crippen LogP contribution in [-0.2, 0) is 14.9 Å². The Morgan fingerprint density at radius 2 is 2.14 bits per heavy atom. The maximum absolute atomic E-state index is 13.0. The van der Waals surface area contributed by atoms with E-state index in [1.807, 2.05) is 17.8 Å². The van der Waals surface area contributed by atoms with Crippen LogP contribution in [0.5, 0.6) is 0 Å². The van der Waals surface area contributed by atoms with Gasteiger partial charge >= 0.3 is 0 Å². The molecule has 0 aromatic heterocycles. The van der Waals surface area contributed by atoms with E-state index in [1.54, 1.807) is 11.4 Å². The minimum Gasteiger partial charge on any atom is -0.383 e. The van der Waals surface area contributed by atoms with Crippen molar-refractivity contribution < 1.29 is 13.2 Å². The first-order valence-electron chi connectivity index (χ1n) is 7.85. The maximum Gasteiger partial charge on any atom is 0.282 e. The van der Waals surface area contributed by atoms with Gasteiger partial charge in [-0.15, -0.1) is 0 Å². The second-order valence-electron chi connectivity index (χ2n) is 5.68. The highest BCUT2D eigenvalue weighted by molar-refractivity contribution is 8.00. The first-order chi connectivity index (χ1) is 10.6. The Hall–Kier alpha value is -0.330. The number of rotatable bonds is 7. The average molecular weight is 348 g/mol. The average Bonchev–Trinajstić information content (AvgIpc) is 2.54. The number of hydrogen-bond donors (Lipinski definition) is 0. The summed E-state index contributed by atoms with van der Waals surface area (Å²) in [5, 5.41) is 9.21. The fraction of sp³-hybridized carbons (Fsp3) is 0.929. The van der Waals surface area contributed by atoms with Crippen molar-refractivity contribution in [3.63, 3.8) is 0 Å². The molecule has 0 unspecified atom stereocenters. The number of thioether (sulfide) groups is 1. The fourth-order valence-corrected chi connectivity index (χ4v) is 6.68. The molecule has 0 N–H and O–H groups in total. The van der Waals surface area contributed by atoms with Gasteiger partial charge in [0.2, 0.25) is 0 Å². The normalized spacial score (nSPS) is 26.6. The molecule has 0 bridgehead atoms. The Labute approximate surface area is 138 Å². The zero-order valence-corrected chi connectivity index (χ0v) is 14.7. The van der Waals surface area contributed by atoms with Gasteiger partial charge in [0.15, 0.2) is 0 Å². The second-order valence-corrected chi connectivity index (χ2v) is 8.91. The quantitative estimate of drug-likeness (QED) is 0.697. The van der Waals surface area contributed by atoms with Gasteiger partial charge in [0, 0.05) is 50.2 Å². The summed E-state index contributed by atoms with van der Waals surface area (Å²) in [6.45, 7) is 1.47. The lowest BCUT2D eigenvalue weighted by Gasteiger charge is -2.44. The number of hydrogen-bond acceptors (Lipinski definition) is 5. The summed E-state index contributed by atoms with van der Waals surface area (Å²) in [6, 6.07) is 2.15. The third-order valence-corrected chi connectivity index (χ3v) is 7.78. The van der Waals surface area contributed by atoms with Gasteiger partial charge in [-0.25, -0.2) is 0 Å². The lowest BCUT2D eigenvalue weighted by Crippen LogP contribution is -2.56. The van der Waals surface area contributed by atoms with Crippen LogP contribution in [0.2, 0.25) is 0 Å². The smallest absolute Gasteiger partial charge is 0.282 e. The Morgan fingerprint density at radius 1 is 1.36 bits per heavy atom. The minimum absolute atomic E-state index is 0.115. The van der Waals surface area contributed by atoms with Gasteiger partial charge in [-0.1, -0.05) is 12.8 Å². The number of methoxy groups -OCH3 is 1. The number of fused-ring (bicyclic) bond motifs is 1. The van der Waals surface area contributed by atoms with Gasteiger partial charge in [0.05, 0.1) is 12.7 Å². The van der Waals surface area contributed by atoms with Gasteiger partial charge in [-0.05, 0) is 12.8 Å². The summed E-state index contributed by atoms with van der Waals surface area (Å²) in [5.41, 5.74) is 0. The van der Waals surface area contributed by atoms with E-state index in [0.717, 1.165) is 25.0 Å². The highest BCUT2D eigenvalue weighted by atomic mass is 32.2. The fourth-order valence-electron chi connectivity index (χ4n) is 3.21. The standard InChI is InChI=1S/C14H25N3O3S2/c1-20-11-9-16(8-4-7-15)22(18,19)17-10-12-21-14-6-3-2-5-13(14)17/h13-14H,2-6,8-12H2,1H3/t13-,14-/m1/s1. The van der Waals surface area contributed by atoms with E-state index < -0.39 is 10.2 Å². The van der Waals surface area contributed by atoms with Crippen molar-refractivity contribution in [2.24, 2.45) is 0 Å². The Balaban J connectivity index is 2.15. The topological polar surface area (TPSA) is 73.6 Å². The van der Waals surface area contributed by atoms with E-state index in [4.69, 9.17) is 10.00 Å². The molecule has 1 aliphatic carbocycles. The van der Waals surface area contributed by atoms with E-state index in [9.17, 15) is 8.42 Å². The molecule has 1 saturated heterocycles. The molecule has 2 rings (SSSR count). The van der Waals surface area contributed by atoms with E-state index in [2.05, 4.69) is 0 Å². The van der Waals surface area contributed by atoms with E-state index in [-0.39, 0.29) is 19.0 Å². The molecule has 1 heterocycles. The van der Waals surface area contributed by atoms with Crippen molar-refractivity contribution in [2.75, 3.05) is 39.1 Å². The monoisotopic (exact) mass is 347 g/mol. The molecule has 6 nitrogen and oxygen atoms in total. The van der Waals surface area contributed by atoms with E-state index in [0.29, 0.717) is 24.9 Å². The molecule has 126 valence electrons. The number of nitriles is 1. The number of nitrogens with zero attached hydrogens (tertiary/aromatic N) is 3. The molecular formula is C14H25N3O3S2. The predicted molar refractivity (Wildman–Crippen MR) is 87.8 cm³/mol. The van der Waals surface area contributed by atoms with Gasteiger partial charge in [-0.2, -0.15) is 34.1 Å². The summed E-state index contributed by atoms with van der Waals surface area (Å²) in [4.78, 5) is 0. The molecule has 8 heteroatoms. The molecule has 0 spiro atoms. The third-order valence-electron chi connectivity index (χ3n) is 4.32. The van der Waals surface area contributed by atoms with Gasteiger partial charge in [-0.3, -0.25) is 0 Å². The van der Waals surface area contributed by atoms with Gasteiger partial charge in [0.25, 0.3) is 10.2 Å². The molecule has 0 amide bonds. The Morgan fingerprint density at radius 3 is 2.86 bits per heavy atom. The van der Waals surface area contributed by atoms with Crippen LogP contribution in [0.4, 0.5) is 0 Å². The van der Waals surface area contributed by atoms with Gasteiger partial charge in [0.1, 0.15) is 0 Å². The van der Waals surface area contributed by atoms with Crippen LogP contribution in [0.3, 0.4) is 0 Å². The van der Waals surface area contributed by atoms with Crippen LogP contribution in [-0.4, -0.2) is 67.4 Å². The summed E-state index contributed by atoms with van der Waals surface area (Å²) in [6.07, 6.45) is 4.57. The minimum atomic E-state index is -3.52. The number of ether oxygens (including phenoxy) is 1. The van der Waals surface area contributed by atoms with Crippen LogP contribution in [0.1, 0.15) is 32.1 Å². The zero-order chi connectivity index (χ0) is 16.0. The molecule has 0 aromatic rings. The van der Waals surface area contributed by atoms with Crippen LogP contribution in [0.15, 0.2) is 0 Å². The van der Waals surface area contributed by atoms with E-state index in [1.165, 1.54) is 10.7 Å². The van der Waals surface area contributed by atoms with E-state index >= 15 is 0 Å². The maximum atomic E-state index is 13.0. The highest BCUT2D eigenvalue weighted by Gasteiger charge is 2.42. The van der Waals surface area contributed by atoms with Crippen LogP contribution in [0, 0.1) is 11.3 Å². The SMILES string of the molecule is COCCN(CCC#N)S(=O)(=O)N1CCS[C@@H]2CCCC[C@H]21. The van der Waals surface area contributed by atoms with Crippen LogP contribution >= 0.6 is 11.8 Å². The largest absolute Gasteiger partial charge is 0.383 e. The van der Waals surface area contributed by atoms with Crippen molar-refractivity contribution in [1.82, 2.24) is 8.61 Å². The first-order valence-corrected chi connectivity index (χ1v) is 10.3. The molecular weight excluding hydrogens is 322 g/mol. The van der Waals surface area contributed by atoms with Crippen molar-refractivity contribution >= 4 is 22.0 Å². The molecule has 1 aliphatic heterocycles. The Bertz CT molecular complexity index is 490. The molecule has 22 heavy (non-hydrogen) atoms. The molecule has 2 fully saturated rings. The Kier molecular flexibility index (Phi) is 6.96. The summed E-state index contributed by atoms with van der Waals surface area (Å²) in [5.74, 6) is 0.858. The summed E-state index contributed by atoms with van der Waals surface area (Å²) < 4.78 is 34.2.